The van der Waals surface area contributed by atoms with Crippen molar-refractivity contribution in [2.45, 2.75) is 32.7 Å². The molecule has 5 nitrogen and oxygen atoms in total. The zero-order valence-corrected chi connectivity index (χ0v) is 11.6. The number of hydrogen-bond acceptors (Lipinski definition) is 4. The Bertz CT molecular complexity index is 418. The van der Waals surface area contributed by atoms with Gasteiger partial charge in [-0.25, -0.2) is 0 Å². The standard InChI is InChI=1S/C14H20N2O3/c1-11(2)16(10-14(18)19-3)13(17)8-7-12-6-4-5-9-15-12/h4-6,9,11H,7-8,10H2,1-3H3. The summed E-state index contributed by atoms with van der Waals surface area (Å²) in [5.41, 5.74) is 0.873. The van der Waals surface area contributed by atoms with Gasteiger partial charge < -0.3 is 9.64 Å². The molecule has 0 radical (unpaired) electrons. The van der Waals surface area contributed by atoms with Gasteiger partial charge in [0.2, 0.25) is 5.91 Å². The first-order valence-electron chi connectivity index (χ1n) is 6.30. The fourth-order valence-corrected chi connectivity index (χ4v) is 1.69. The van der Waals surface area contributed by atoms with Crippen LogP contribution >= 0.6 is 0 Å². The highest BCUT2D eigenvalue weighted by Crippen LogP contribution is 2.06. The maximum absolute atomic E-state index is 12.1. The van der Waals surface area contributed by atoms with Gasteiger partial charge in [-0.2, -0.15) is 0 Å². The first kappa shape index (κ1) is 15.1. The quantitative estimate of drug-likeness (QED) is 0.729. The Kier molecular flexibility index (Phi) is 5.99. The molecule has 1 rings (SSSR count). The van der Waals surface area contributed by atoms with E-state index in [1.165, 1.54) is 12.0 Å². The van der Waals surface area contributed by atoms with Gasteiger partial charge in [-0.3, -0.25) is 14.6 Å². The Morgan fingerprint density at radius 2 is 2.11 bits per heavy atom. The molecule has 1 heterocycles. The molecular weight excluding hydrogens is 244 g/mol. The van der Waals surface area contributed by atoms with Crippen molar-refractivity contribution in [3.63, 3.8) is 0 Å². The van der Waals surface area contributed by atoms with Crippen LogP contribution in [0.4, 0.5) is 0 Å². The Morgan fingerprint density at radius 3 is 2.63 bits per heavy atom. The van der Waals surface area contributed by atoms with Crippen LogP contribution in [0.25, 0.3) is 0 Å². The molecule has 1 aromatic heterocycles. The van der Waals surface area contributed by atoms with Crippen molar-refractivity contribution in [2.75, 3.05) is 13.7 Å². The lowest BCUT2D eigenvalue weighted by atomic mass is 10.2. The molecule has 0 N–H and O–H groups in total. The van der Waals surface area contributed by atoms with E-state index in [9.17, 15) is 9.59 Å². The van der Waals surface area contributed by atoms with Crippen molar-refractivity contribution in [1.82, 2.24) is 9.88 Å². The van der Waals surface area contributed by atoms with E-state index in [1.807, 2.05) is 32.0 Å². The van der Waals surface area contributed by atoms with Gasteiger partial charge in [0.1, 0.15) is 6.54 Å². The second-order valence-electron chi connectivity index (χ2n) is 4.51. The lowest BCUT2D eigenvalue weighted by Crippen LogP contribution is -2.41. The van der Waals surface area contributed by atoms with Crippen LogP contribution in [0.5, 0.6) is 0 Å². The molecule has 0 atom stereocenters. The number of aryl methyl sites for hydroxylation is 1. The van der Waals surface area contributed by atoms with Crippen LogP contribution < -0.4 is 0 Å². The zero-order valence-electron chi connectivity index (χ0n) is 11.6. The molecule has 0 bridgehead atoms. The number of nitrogens with zero attached hydrogens (tertiary/aromatic N) is 2. The molecule has 0 aliphatic rings. The number of carbonyl (C=O) groups is 2. The Morgan fingerprint density at radius 1 is 1.37 bits per heavy atom. The highest BCUT2D eigenvalue weighted by Gasteiger charge is 2.20. The number of aromatic nitrogens is 1. The minimum atomic E-state index is -0.403. The lowest BCUT2D eigenvalue weighted by molar-refractivity contribution is -0.148. The monoisotopic (exact) mass is 264 g/mol. The van der Waals surface area contributed by atoms with Crippen LogP contribution in [0.3, 0.4) is 0 Å². The van der Waals surface area contributed by atoms with E-state index >= 15 is 0 Å². The first-order chi connectivity index (χ1) is 9.04. The number of esters is 1. The van der Waals surface area contributed by atoms with E-state index in [1.54, 1.807) is 6.20 Å². The number of rotatable bonds is 6. The van der Waals surface area contributed by atoms with Crippen molar-refractivity contribution in [2.24, 2.45) is 0 Å². The molecule has 0 saturated carbocycles. The highest BCUT2D eigenvalue weighted by atomic mass is 16.5. The molecule has 0 saturated heterocycles. The fraction of sp³-hybridized carbons (Fsp3) is 0.500. The number of pyridine rings is 1. The second-order valence-corrected chi connectivity index (χ2v) is 4.51. The number of hydrogen-bond donors (Lipinski definition) is 0. The average Bonchev–Trinajstić information content (AvgIpc) is 2.42. The molecule has 0 aromatic carbocycles. The van der Waals surface area contributed by atoms with Crippen molar-refractivity contribution in [3.8, 4) is 0 Å². The molecule has 0 spiro atoms. The van der Waals surface area contributed by atoms with Gasteiger partial charge in [0.25, 0.3) is 0 Å². The van der Waals surface area contributed by atoms with Crippen LogP contribution in [0.15, 0.2) is 24.4 Å². The van der Waals surface area contributed by atoms with E-state index in [2.05, 4.69) is 9.72 Å². The normalized spacial score (nSPS) is 10.3. The molecule has 0 unspecified atom stereocenters. The third kappa shape index (κ3) is 5.07. The van der Waals surface area contributed by atoms with Crippen molar-refractivity contribution in [3.05, 3.63) is 30.1 Å². The highest BCUT2D eigenvalue weighted by molar-refractivity contribution is 5.82. The van der Waals surface area contributed by atoms with E-state index in [4.69, 9.17) is 0 Å². The van der Waals surface area contributed by atoms with E-state index in [0.717, 1.165) is 5.69 Å². The third-order valence-electron chi connectivity index (χ3n) is 2.79. The number of ether oxygens (including phenoxy) is 1. The van der Waals surface area contributed by atoms with Gasteiger partial charge in [-0.15, -0.1) is 0 Å². The summed E-state index contributed by atoms with van der Waals surface area (Å²) in [5.74, 6) is -0.467. The molecule has 0 fully saturated rings. The molecule has 0 aliphatic carbocycles. The summed E-state index contributed by atoms with van der Waals surface area (Å²) in [5, 5.41) is 0. The van der Waals surface area contributed by atoms with Gasteiger partial charge in [0, 0.05) is 24.4 Å². The van der Waals surface area contributed by atoms with Crippen molar-refractivity contribution < 1.29 is 14.3 Å². The van der Waals surface area contributed by atoms with Gasteiger partial charge in [0.15, 0.2) is 0 Å². The van der Waals surface area contributed by atoms with Crippen LogP contribution in [0, 0.1) is 0 Å². The van der Waals surface area contributed by atoms with Crippen LogP contribution in [0.1, 0.15) is 26.0 Å². The maximum atomic E-state index is 12.1. The summed E-state index contributed by atoms with van der Waals surface area (Å²) in [7, 11) is 1.32. The van der Waals surface area contributed by atoms with Gasteiger partial charge >= 0.3 is 5.97 Å². The maximum Gasteiger partial charge on any atom is 0.325 e. The zero-order chi connectivity index (χ0) is 14.3. The lowest BCUT2D eigenvalue weighted by Gasteiger charge is -2.25. The molecule has 5 heteroatoms. The van der Waals surface area contributed by atoms with E-state index < -0.39 is 5.97 Å². The third-order valence-corrected chi connectivity index (χ3v) is 2.79. The molecule has 19 heavy (non-hydrogen) atoms. The van der Waals surface area contributed by atoms with E-state index in [-0.39, 0.29) is 18.5 Å². The summed E-state index contributed by atoms with van der Waals surface area (Å²) in [4.78, 5) is 29.1. The Labute approximate surface area is 113 Å². The molecular formula is C14H20N2O3. The van der Waals surface area contributed by atoms with Gasteiger partial charge in [0.05, 0.1) is 7.11 Å². The average molecular weight is 264 g/mol. The van der Waals surface area contributed by atoms with Crippen LogP contribution in [-0.4, -0.2) is 41.5 Å². The topological polar surface area (TPSA) is 59.5 Å². The van der Waals surface area contributed by atoms with Gasteiger partial charge in [-0.1, -0.05) is 6.07 Å². The predicted molar refractivity (Wildman–Crippen MR) is 71.4 cm³/mol. The summed E-state index contributed by atoms with van der Waals surface area (Å²) in [6.07, 6.45) is 2.62. The molecule has 104 valence electrons. The largest absolute Gasteiger partial charge is 0.468 e. The SMILES string of the molecule is COC(=O)CN(C(=O)CCc1ccccn1)C(C)C. The second kappa shape index (κ2) is 7.51. The number of amides is 1. The predicted octanol–water partition coefficient (Wildman–Crippen LogP) is 1.42. The summed E-state index contributed by atoms with van der Waals surface area (Å²) < 4.78 is 4.60. The van der Waals surface area contributed by atoms with Crippen molar-refractivity contribution in [1.29, 1.82) is 0 Å². The minimum Gasteiger partial charge on any atom is -0.468 e. The van der Waals surface area contributed by atoms with Gasteiger partial charge in [-0.05, 0) is 32.4 Å². The molecule has 0 aliphatic heterocycles. The summed E-state index contributed by atoms with van der Waals surface area (Å²) >= 11 is 0. The first-order valence-corrected chi connectivity index (χ1v) is 6.30. The molecule has 1 aromatic rings. The minimum absolute atomic E-state index is 0.00474. The fourth-order valence-electron chi connectivity index (χ4n) is 1.69. The van der Waals surface area contributed by atoms with Crippen molar-refractivity contribution >= 4 is 11.9 Å². The summed E-state index contributed by atoms with van der Waals surface area (Å²) in [6, 6.07) is 5.58. The van der Waals surface area contributed by atoms with E-state index in [0.29, 0.717) is 12.8 Å². The smallest absolute Gasteiger partial charge is 0.325 e. The Hall–Kier alpha value is -1.91. The van der Waals surface area contributed by atoms with Crippen LogP contribution in [-0.2, 0) is 20.7 Å². The number of carbonyl (C=O) groups excluding carboxylic acids is 2. The van der Waals surface area contributed by atoms with Crippen LogP contribution in [0.2, 0.25) is 0 Å². The number of methoxy groups -OCH3 is 1. The molecule has 1 amide bonds. The summed E-state index contributed by atoms with van der Waals surface area (Å²) in [6.45, 7) is 3.75. The Balaban J connectivity index is 2.55.